The van der Waals surface area contributed by atoms with Gasteiger partial charge in [-0.2, -0.15) is 0 Å². The first-order chi connectivity index (χ1) is 11.5. The largest absolute Gasteiger partial charge is 0.545 e. The molecule has 24 heavy (non-hydrogen) atoms. The maximum atomic E-state index is 11.2. The van der Waals surface area contributed by atoms with Crippen LogP contribution in [-0.2, 0) is 0 Å². The van der Waals surface area contributed by atoms with Gasteiger partial charge in [-0.25, -0.2) is 0 Å². The van der Waals surface area contributed by atoms with Crippen molar-refractivity contribution in [1.29, 1.82) is 0 Å². The summed E-state index contributed by atoms with van der Waals surface area (Å²) in [7, 11) is 0. The van der Waals surface area contributed by atoms with E-state index in [2.05, 4.69) is 17.5 Å². The van der Waals surface area contributed by atoms with Crippen molar-refractivity contribution in [3.8, 4) is 0 Å². The van der Waals surface area contributed by atoms with Crippen LogP contribution >= 0.6 is 23.2 Å². The van der Waals surface area contributed by atoms with Crippen LogP contribution in [0.1, 0.15) is 39.9 Å². The molecule has 0 radical (unpaired) electrons. The van der Waals surface area contributed by atoms with Crippen LogP contribution in [0.3, 0.4) is 0 Å². The summed E-state index contributed by atoms with van der Waals surface area (Å²) in [6.07, 6.45) is 5.22. The van der Waals surface area contributed by atoms with Gasteiger partial charge in [-0.1, -0.05) is 47.5 Å². The number of hydrogen-bond acceptors (Lipinski definition) is 3. The number of carbonyl (C=O) groups excluding carboxylic acids is 1. The second-order valence-corrected chi connectivity index (χ2v) is 7.08. The quantitative estimate of drug-likeness (QED) is 0.819. The van der Waals surface area contributed by atoms with Crippen molar-refractivity contribution in [2.24, 2.45) is 5.92 Å². The maximum absolute atomic E-state index is 11.2. The van der Waals surface area contributed by atoms with Gasteiger partial charge in [0.15, 0.2) is 0 Å². The van der Waals surface area contributed by atoms with E-state index in [9.17, 15) is 9.90 Å². The Hall–Kier alpha value is -1.97. The Balaban J connectivity index is 1.82. The number of fused-ring (bicyclic) bond motifs is 3. The normalized spacial score (nSPS) is 24.2. The third-order valence-electron chi connectivity index (χ3n) is 4.89. The zero-order valence-corrected chi connectivity index (χ0v) is 14.1. The molecule has 0 amide bonds. The number of nitrogens with one attached hydrogen (secondary N) is 1. The second-order valence-electron chi connectivity index (χ2n) is 6.24. The highest BCUT2D eigenvalue weighted by Crippen LogP contribution is 2.51. The molecule has 122 valence electrons. The first-order valence-corrected chi connectivity index (χ1v) is 8.53. The van der Waals surface area contributed by atoms with Crippen LogP contribution in [-0.4, -0.2) is 5.97 Å². The first-order valence-electron chi connectivity index (χ1n) is 7.78. The third-order valence-corrected chi connectivity index (χ3v) is 5.44. The van der Waals surface area contributed by atoms with Gasteiger partial charge in [0.25, 0.3) is 0 Å². The van der Waals surface area contributed by atoms with E-state index in [1.54, 1.807) is 6.07 Å². The van der Waals surface area contributed by atoms with Crippen molar-refractivity contribution >= 4 is 34.9 Å². The van der Waals surface area contributed by atoms with Crippen molar-refractivity contribution in [3.05, 3.63) is 75.3 Å². The molecule has 1 aliphatic carbocycles. The maximum Gasteiger partial charge on any atom is 0.0715 e. The van der Waals surface area contributed by atoms with E-state index in [-0.39, 0.29) is 17.5 Å². The van der Waals surface area contributed by atoms with Crippen molar-refractivity contribution in [1.82, 2.24) is 0 Å². The molecule has 1 heterocycles. The lowest BCUT2D eigenvalue weighted by molar-refractivity contribution is -0.255. The molecule has 3 atom stereocenters. The molecule has 0 saturated carbocycles. The fraction of sp³-hybridized carbons (Fsp3) is 0.211. The van der Waals surface area contributed by atoms with Crippen molar-refractivity contribution in [2.45, 2.75) is 18.4 Å². The molecule has 0 unspecified atom stereocenters. The van der Waals surface area contributed by atoms with Gasteiger partial charge in [-0.15, -0.1) is 0 Å². The average molecular weight is 359 g/mol. The van der Waals surface area contributed by atoms with Crippen LogP contribution in [0, 0.1) is 5.92 Å². The number of halogens is 2. The number of allylic oxidation sites excluding steroid dienone is 2. The SMILES string of the molecule is O=C([O-])c1cc(Cl)c2c(c1)[C@H]1C=CC[C@@H]1[C@H](c1ccc(Cl)cc1)N2. The van der Waals surface area contributed by atoms with E-state index in [4.69, 9.17) is 23.2 Å². The predicted molar refractivity (Wildman–Crippen MR) is 93.6 cm³/mol. The molecule has 0 aromatic heterocycles. The number of hydrogen-bond donors (Lipinski definition) is 1. The summed E-state index contributed by atoms with van der Waals surface area (Å²) in [5, 5.41) is 15.8. The highest BCUT2D eigenvalue weighted by molar-refractivity contribution is 6.34. The highest BCUT2D eigenvalue weighted by Gasteiger charge is 2.38. The van der Waals surface area contributed by atoms with E-state index in [1.165, 1.54) is 6.07 Å². The molecule has 1 aliphatic heterocycles. The Morgan fingerprint density at radius 3 is 2.62 bits per heavy atom. The van der Waals surface area contributed by atoms with Gasteiger partial charge in [0, 0.05) is 10.9 Å². The molecule has 0 saturated heterocycles. The van der Waals surface area contributed by atoms with Crippen LogP contribution < -0.4 is 10.4 Å². The minimum Gasteiger partial charge on any atom is -0.545 e. The standard InChI is InChI=1S/C19H15Cl2NO2/c20-12-6-4-10(5-7-12)17-14-3-1-2-13(14)15-8-11(19(23)24)9-16(21)18(15)22-17/h1-2,4-9,13-14,17,22H,3H2,(H,23,24)/p-1/t13-,14-,17-/m0/s1. The predicted octanol–water partition coefficient (Wildman–Crippen LogP) is 4.18. The Labute approximate surface area is 149 Å². The Morgan fingerprint density at radius 2 is 1.92 bits per heavy atom. The molecular formula is C19H14Cl2NO2-. The molecule has 3 nitrogen and oxygen atoms in total. The number of anilines is 1. The summed E-state index contributed by atoms with van der Waals surface area (Å²) in [5.41, 5.74) is 2.98. The molecular weight excluding hydrogens is 345 g/mol. The van der Waals surface area contributed by atoms with Gasteiger partial charge < -0.3 is 15.2 Å². The van der Waals surface area contributed by atoms with E-state index in [0.717, 1.165) is 23.2 Å². The van der Waals surface area contributed by atoms with Gasteiger partial charge in [0.05, 0.1) is 22.7 Å². The summed E-state index contributed by atoms with van der Waals surface area (Å²) < 4.78 is 0. The van der Waals surface area contributed by atoms with Crippen LogP contribution in [0.4, 0.5) is 5.69 Å². The number of carboxylic acids is 1. The van der Waals surface area contributed by atoms with Gasteiger partial charge >= 0.3 is 0 Å². The number of carboxylic acid groups (broad SMARTS) is 1. The lowest BCUT2D eigenvalue weighted by atomic mass is 9.76. The van der Waals surface area contributed by atoms with Crippen molar-refractivity contribution in [3.63, 3.8) is 0 Å². The van der Waals surface area contributed by atoms with E-state index < -0.39 is 5.97 Å². The molecule has 1 N–H and O–H groups in total. The fourth-order valence-electron chi connectivity index (χ4n) is 3.77. The van der Waals surface area contributed by atoms with E-state index in [1.807, 2.05) is 24.3 Å². The van der Waals surface area contributed by atoms with Gasteiger partial charge in [0.1, 0.15) is 0 Å². The Kier molecular flexibility index (Phi) is 3.78. The molecule has 5 heteroatoms. The number of carbonyl (C=O) groups is 1. The molecule has 0 spiro atoms. The molecule has 2 aromatic carbocycles. The average Bonchev–Trinajstić information content (AvgIpc) is 3.05. The fourth-order valence-corrected chi connectivity index (χ4v) is 4.18. The topological polar surface area (TPSA) is 52.2 Å². The lowest BCUT2D eigenvalue weighted by Gasteiger charge is -2.38. The summed E-state index contributed by atoms with van der Waals surface area (Å²) in [5.74, 6) is -0.761. The minimum atomic E-state index is -1.21. The number of benzene rings is 2. The van der Waals surface area contributed by atoms with E-state index in [0.29, 0.717) is 16.0 Å². The smallest absolute Gasteiger partial charge is 0.0715 e. The second kappa shape index (κ2) is 5.83. The summed E-state index contributed by atoms with van der Waals surface area (Å²) in [6, 6.07) is 11.0. The van der Waals surface area contributed by atoms with Gasteiger partial charge in [-0.05, 0) is 53.3 Å². The van der Waals surface area contributed by atoms with Crippen LogP contribution in [0.5, 0.6) is 0 Å². The molecule has 2 aliphatic rings. The molecule has 4 rings (SSSR count). The van der Waals surface area contributed by atoms with Crippen LogP contribution in [0.25, 0.3) is 0 Å². The van der Waals surface area contributed by atoms with Gasteiger partial charge in [0.2, 0.25) is 0 Å². The summed E-state index contributed by atoms with van der Waals surface area (Å²) in [4.78, 5) is 11.2. The van der Waals surface area contributed by atoms with Crippen LogP contribution in [0.2, 0.25) is 10.0 Å². The minimum absolute atomic E-state index is 0.0982. The zero-order valence-electron chi connectivity index (χ0n) is 12.6. The molecule has 2 aromatic rings. The summed E-state index contributed by atoms with van der Waals surface area (Å²) in [6.45, 7) is 0. The third kappa shape index (κ3) is 2.48. The van der Waals surface area contributed by atoms with Crippen LogP contribution in [0.15, 0.2) is 48.6 Å². The van der Waals surface area contributed by atoms with E-state index >= 15 is 0 Å². The summed E-state index contributed by atoms with van der Waals surface area (Å²) >= 11 is 12.4. The van der Waals surface area contributed by atoms with Crippen molar-refractivity contribution in [2.75, 3.05) is 5.32 Å². The molecule has 0 fully saturated rings. The number of aromatic carboxylic acids is 1. The lowest BCUT2D eigenvalue weighted by Crippen LogP contribution is -2.30. The zero-order chi connectivity index (χ0) is 16.8. The van der Waals surface area contributed by atoms with Crippen molar-refractivity contribution < 1.29 is 9.90 Å². The monoisotopic (exact) mass is 358 g/mol. The van der Waals surface area contributed by atoms with Gasteiger partial charge in [-0.3, -0.25) is 0 Å². The Morgan fingerprint density at radius 1 is 1.17 bits per heavy atom. The number of rotatable bonds is 2. The first kappa shape index (κ1) is 15.6. The Bertz CT molecular complexity index is 845. The molecule has 0 bridgehead atoms. The highest BCUT2D eigenvalue weighted by atomic mass is 35.5.